The molecule has 3 atom stereocenters. The van der Waals surface area contributed by atoms with Gasteiger partial charge >= 0.3 is 11.9 Å². The minimum Gasteiger partial charge on any atom is -0.465 e. The topological polar surface area (TPSA) is 81.7 Å². The lowest BCUT2D eigenvalue weighted by atomic mass is 9.70. The molecule has 0 bridgehead atoms. The van der Waals surface area contributed by atoms with Gasteiger partial charge in [-0.2, -0.15) is 0 Å². The van der Waals surface area contributed by atoms with Crippen LogP contribution >= 0.6 is 11.3 Å². The molecule has 1 N–H and O–H groups in total. The third-order valence-corrected chi connectivity index (χ3v) is 6.09. The second-order valence-corrected chi connectivity index (χ2v) is 7.98. The number of ketones is 1. The average molecular weight is 404 g/mol. The van der Waals surface area contributed by atoms with E-state index in [2.05, 4.69) is 5.32 Å². The van der Waals surface area contributed by atoms with Gasteiger partial charge in [0.15, 0.2) is 5.78 Å². The molecule has 1 aromatic heterocycles. The molecule has 0 unspecified atom stereocenters. The summed E-state index contributed by atoms with van der Waals surface area (Å²) in [5.74, 6) is -2.79. The van der Waals surface area contributed by atoms with Crippen LogP contribution in [0.3, 0.4) is 0 Å². The van der Waals surface area contributed by atoms with Gasteiger partial charge in [0.05, 0.1) is 24.7 Å². The first kappa shape index (κ1) is 20.3. The van der Waals surface area contributed by atoms with E-state index >= 15 is 0 Å². The van der Waals surface area contributed by atoms with Crippen molar-refractivity contribution in [2.45, 2.75) is 40.0 Å². The number of carbonyl (C=O) groups is 3. The molecule has 6 nitrogen and oxygen atoms in total. The summed E-state index contributed by atoms with van der Waals surface area (Å²) in [6.45, 7) is 7.64. The first-order chi connectivity index (χ1) is 13.4. The van der Waals surface area contributed by atoms with Gasteiger partial charge in [0.1, 0.15) is 5.92 Å². The molecule has 7 heteroatoms. The van der Waals surface area contributed by atoms with Crippen LogP contribution in [0.15, 0.2) is 40.1 Å². The van der Waals surface area contributed by atoms with Crippen LogP contribution in [0.1, 0.15) is 44.9 Å². The molecule has 1 aliphatic carbocycles. The lowest BCUT2D eigenvalue weighted by molar-refractivity contribution is -0.153. The summed E-state index contributed by atoms with van der Waals surface area (Å²) in [5, 5.41) is 5.15. The van der Waals surface area contributed by atoms with Gasteiger partial charge in [-0.1, -0.05) is 13.0 Å². The van der Waals surface area contributed by atoms with Crippen LogP contribution in [0.25, 0.3) is 0 Å². The monoisotopic (exact) mass is 403 g/mol. The number of esters is 2. The summed E-state index contributed by atoms with van der Waals surface area (Å²) in [7, 11) is 0. The molecule has 1 aromatic rings. The van der Waals surface area contributed by atoms with Gasteiger partial charge in [0, 0.05) is 21.8 Å². The molecule has 0 fully saturated rings. The van der Waals surface area contributed by atoms with Crippen molar-refractivity contribution in [2.24, 2.45) is 11.8 Å². The summed E-state index contributed by atoms with van der Waals surface area (Å²) < 4.78 is 10.4. The first-order valence-electron chi connectivity index (χ1n) is 9.52. The Hall–Kier alpha value is -2.41. The van der Waals surface area contributed by atoms with E-state index in [4.69, 9.17) is 9.47 Å². The van der Waals surface area contributed by atoms with E-state index in [1.807, 2.05) is 31.4 Å². The molecule has 0 saturated carbocycles. The van der Waals surface area contributed by atoms with E-state index in [0.717, 1.165) is 10.6 Å². The molecule has 0 radical (unpaired) electrons. The van der Waals surface area contributed by atoms with Gasteiger partial charge in [0.2, 0.25) is 0 Å². The van der Waals surface area contributed by atoms with Crippen molar-refractivity contribution in [3.05, 3.63) is 44.9 Å². The predicted molar refractivity (Wildman–Crippen MR) is 105 cm³/mol. The van der Waals surface area contributed by atoms with Crippen molar-refractivity contribution in [2.75, 3.05) is 13.2 Å². The Bertz CT molecular complexity index is 852. The van der Waals surface area contributed by atoms with Gasteiger partial charge in [0.25, 0.3) is 0 Å². The Morgan fingerprint density at radius 2 is 1.96 bits per heavy atom. The third-order valence-electron chi connectivity index (χ3n) is 5.15. The van der Waals surface area contributed by atoms with E-state index < -0.39 is 23.8 Å². The van der Waals surface area contributed by atoms with E-state index in [-0.39, 0.29) is 24.9 Å². The Kier molecular flexibility index (Phi) is 6.03. The van der Waals surface area contributed by atoms with Crippen molar-refractivity contribution in [1.29, 1.82) is 0 Å². The van der Waals surface area contributed by atoms with E-state index in [1.165, 1.54) is 11.3 Å². The van der Waals surface area contributed by atoms with Gasteiger partial charge in [-0.05, 0) is 44.6 Å². The molecular weight excluding hydrogens is 378 g/mol. The highest BCUT2D eigenvalue weighted by atomic mass is 32.1. The van der Waals surface area contributed by atoms with Crippen molar-refractivity contribution >= 4 is 29.1 Å². The number of hydrogen-bond acceptors (Lipinski definition) is 7. The highest BCUT2D eigenvalue weighted by Crippen LogP contribution is 2.46. The molecule has 0 aromatic carbocycles. The van der Waals surface area contributed by atoms with Gasteiger partial charge in [-0.25, -0.2) is 4.79 Å². The molecular formula is C21H25NO5S. The molecule has 0 saturated heterocycles. The fraction of sp³-hybridized carbons (Fsp3) is 0.476. The van der Waals surface area contributed by atoms with Crippen LogP contribution in [0.4, 0.5) is 0 Å². The largest absolute Gasteiger partial charge is 0.465 e. The number of ether oxygens (including phenoxy) is 2. The summed E-state index contributed by atoms with van der Waals surface area (Å²) in [6.07, 6.45) is 0.542. The normalized spacial score (nSPS) is 24.6. The summed E-state index contributed by atoms with van der Waals surface area (Å²) in [6, 6.07) is 3.79. The molecule has 1 aliphatic heterocycles. The molecule has 0 amide bonds. The number of rotatable bonds is 5. The van der Waals surface area contributed by atoms with Crippen molar-refractivity contribution in [3.63, 3.8) is 0 Å². The molecule has 150 valence electrons. The fourth-order valence-electron chi connectivity index (χ4n) is 4.01. The van der Waals surface area contributed by atoms with Crippen LogP contribution in [0.2, 0.25) is 0 Å². The van der Waals surface area contributed by atoms with Crippen molar-refractivity contribution < 1.29 is 23.9 Å². The number of carbonyl (C=O) groups excluding carboxylic acids is 3. The van der Waals surface area contributed by atoms with Crippen molar-refractivity contribution in [1.82, 2.24) is 5.32 Å². The molecule has 28 heavy (non-hydrogen) atoms. The third kappa shape index (κ3) is 3.51. The lowest BCUT2D eigenvalue weighted by Gasteiger charge is -2.37. The van der Waals surface area contributed by atoms with Crippen LogP contribution in [-0.4, -0.2) is 30.9 Å². The van der Waals surface area contributed by atoms with Gasteiger partial charge in [-0.3, -0.25) is 9.59 Å². The average Bonchev–Trinajstić information content (AvgIpc) is 3.15. The van der Waals surface area contributed by atoms with Gasteiger partial charge in [-0.15, -0.1) is 11.3 Å². The van der Waals surface area contributed by atoms with Crippen LogP contribution in [-0.2, 0) is 23.9 Å². The summed E-state index contributed by atoms with van der Waals surface area (Å²) >= 11 is 1.48. The maximum absolute atomic E-state index is 13.5. The minimum atomic E-state index is -0.857. The smallest absolute Gasteiger partial charge is 0.336 e. The number of allylic oxidation sites excluding steroid dienone is 3. The maximum atomic E-state index is 13.5. The Labute approximate surface area is 168 Å². The number of hydrogen-bond donors (Lipinski definition) is 1. The SMILES string of the molecule is CCOC(=O)C1=C(C)NC2=C(C(=O)[C@H](C(=O)OCC)[C@H](C)C2)[C@H]1c1cccs1. The zero-order valence-electron chi connectivity index (χ0n) is 16.5. The molecule has 0 spiro atoms. The highest BCUT2D eigenvalue weighted by molar-refractivity contribution is 7.10. The Morgan fingerprint density at radius 1 is 1.25 bits per heavy atom. The van der Waals surface area contributed by atoms with Gasteiger partial charge < -0.3 is 14.8 Å². The van der Waals surface area contributed by atoms with Crippen LogP contribution < -0.4 is 5.32 Å². The Morgan fingerprint density at radius 3 is 2.57 bits per heavy atom. The predicted octanol–water partition coefficient (Wildman–Crippen LogP) is 3.31. The number of nitrogens with one attached hydrogen (secondary N) is 1. The summed E-state index contributed by atoms with van der Waals surface area (Å²) in [4.78, 5) is 39.6. The Balaban J connectivity index is 2.11. The number of dihydropyridines is 1. The standard InChI is InChI=1S/C21H25NO5S/c1-5-26-20(24)15-11(3)10-13-17(19(15)23)18(14-8-7-9-28-14)16(12(4)22-13)21(25)27-6-2/h7-9,11,15,18,22H,5-6,10H2,1-4H3/t11-,15-,18+/m1/s1. The molecule has 2 heterocycles. The molecule has 2 aliphatic rings. The zero-order chi connectivity index (χ0) is 20.4. The lowest BCUT2D eigenvalue weighted by Crippen LogP contribution is -2.43. The highest BCUT2D eigenvalue weighted by Gasteiger charge is 2.47. The van der Waals surface area contributed by atoms with Crippen molar-refractivity contribution in [3.8, 4) is 0 Å². The number of thiophene rings is 1. The first-order valence-corrected chi connectivity index (χ1v) is 10.4. The van der Waals surface area contributed by atoms with Crippen LogP contribution in [0, 0.1) is 11.8 Å². The fourth-order valence-corrected chi connectivity index (χ4v) is 4.85. The second kappa shape index (κ2) is 8.31. The van der Waals surface area contributed by atoms with E-state index in [9.17, 15) is 14.4 Å². The zero-order valence-corrected chi connectivity index (χ0v) is 17.4. The number of Topliss-reactive ketones (excluding diaryl/α,β-unsaturated/α-hetero) is 1. The molecule has 3 rings (SSSR count). The summed E-state index contributed by atoms with van der Waals surface area (Å²) in [5.41, 5.74) is 2.37. The second-order valence-electron chi connectivity index (χ2n) is 7.00. The van der Waals surface area contributed by atoms with E-state index in [0.29, 0.717) is 23.3 Å². The quantitative estimate of drug-likeness (QED) is 0.600. The van der Waals surface area contributed by atoms with Crippen LogP contribution in [0.5, 0.6) is 0 Å². The minimum absolute atomic E-state index is 0.182. The maximum Gasteiger partial charge on any atom is 0.336 e. The van der Waals surface area contributed by atoms with E-state index in [1.54, 1.807) is 13.8 Å².